The van der Waals surface area contributed by atoms with Crippen LogP contribution in [0.25, 0.3) is 20.8 Å². The second-order valence-corrected chi connectivity index (χ2v) is 5.93. The standard InChI is InChI=1S/C16H14N2OS/c1-10-4-2-7-13-14(10)18-16(20-13)11-5-3-6-12-15(11)19-9-8-17-12/h2-7,17H,8-9H2,1H3. The highest BCUT2D eigenvalue weighted by atomic mass is 32.1. The molecular weight excluding hydrogens is 268 g/mol. The fourth-order valence-corrected chi connectivity index (χ4v) is 3.61. The lowest BCUT2D eigenvalue weighted by Gasteiger charge is -2.20. The van der Waals surface area contributed by atoms with Gasteiger partial charge >= 0.3 is 0 Å². The Balaban J connectivity index is 1.93. The van der Waals surface area contributed by atoms with Crippen LogP contribution in [0.15, 0.2) is 36.4 Å². The average Bonchev–Trinajstić information content (AvgIpc) is 2.92. The Morgan fingerprint density at radius 1 is 1.20 bits per heavy atom. The van der Waals surface area contributed by atoms with Crippen molar-refractivity contribution in [2.75, 3.05) is 18.5 Å². The van der Waals surface area contributed by atoms with Gasteiger partial charge in [-0.3, -0.25) is 0 Å². The molecule has 0 radical (unpaired) electrons. The molecule has 100 valence electrons. The van der Waals surface area contributed by atoms with Crippen molar-refractivity contribution in [3.05, 3.63) is 42.0 Å². The molecule has 1 aromatic heterocycles. The summed E-state index contributed by atoms with van der Waals surface area (Å²) in [6.07, 6.45) is 0. The highest BCUT2D eigenvalue weighted by molar-refractivity contribution is 7.21. The monoisotopic (exact) mass is 282 g/mol. The molecule has 4 heteroatoms. The highest BCUT2D eigenvalue weighted by Gasteiger charge is 2.18. The summed E-state index contributed by atoms with van der Waals surface area (Å²) in [5.74, 6) is 0.926. The first-order valence-corrected chi connectivity index (χ1v) is 7.51. The van der Waals surface area contributed by atoms with Crippen LogP contribution in [0.1, 0.15) is 5.56 Å². The molecule has 0 spiro atoms. The summed E-state index contributed by atoms with van der Waals surface area (Å²) in [6.45, 7) is 3.66. The third-order valence-electron chi connectivity index (χ3n) is 3.53. The molecule has 4 rings (SSSR count). The topological polar surface area (TPSA) is 34.1 Å². The molecule has 3 aromatic rings. The van der Waals surface area contributed by atoms with Gasteiger partial charge in [-0.1, -0.05) is 18.2 Å². The molecule has 1 N–H and O–H groups in total. The summed E-state index contributed by atoms with van der Waals surface area (Å²) in [4.78, 5) is 4.80. The fraction of sp³-hybridized carbons (Fsp3) is 0.188. The van der Waals surface area contributed by atoms with Crippen molar-refractivity contribution in [2.24, 2.45) is 0 Å². The lowest BCUT2D eigenvalue weighted by atomic mass is 10.1. The van der Waals surface area contributed by atoms with Crippen molar-refractivity contribution < 1.29 is 4.74 Å². The van der Waals surface area contributed by atoms with Gasteiger partial charge in [-0.25, -0.2) is 4.98 Å². The zero-order chi connectivity index (χ0) is 13.5. The number of thiazole rings is 1. The summed E-state index contributed by atoms with van der Waals surface area (Å²) >= 11 is 1.72. The first-order chi connectivity index (χ1) is 9.83. The molecule has 0 saturated heterocycles. The number of nitrogens with zero attached hydrogens (tertiary/aromatic N) is 1. The summed E-state index contributed by atoms with van der Waals surface area (Å²) in [7, 11) is 0. The summed E-state index contributed by atoms with van der Waals surface area (Å²) < 4.78 is 7.06. The minimum absolute atomic E-state index is 0.702. The number of fused-ring (bicyclic) bond motifs is 2. The van der Waals surface area contributed by atoms with E-state index in [0.717, 1.165) is 34.1 Å². The van der Waals surface area contributed by atoms with Gasteiger partial charge in [0, 0.05) is 6.54 Å². The maximum atomic E-state index is 5.84. The molecule has 0 fully saturated rings. The van der Waals surface area contributed by atoms with Gasteiger partial charge in [-0.05, 0) is 30.7 Å². The molecule has 0 bridgehead atoms. The molecule has 2 heterocycles. The third kappa shape index (κ3) is 1.76. The van der Waals surface area contributed by atoms with Gasteiger partial charge in [0.15, 0.2) is 5.75 Å². The molecule has 1 aliphatic heterocycles. The fourth-order valence-electron chi connectivity index (χ4n) is 2.54. The Hall–Kier alpha value is -2.07. The van der Waals surface area contributed by atoms with Crippen molar-refractivity contribution in [3.8, 4) is 16.3 Å². The predicted molar refractivity (Wildman–Crippen MR) is 83.8 cm³/mol. The average molecular weight is 282 g/mol. The molecule has 0 aliphatic carbocycles. The van der Waals surface area contributed by atoms with E-state index in [1.807, 2.05) is 0 Å². The molecule has 1 aliphatic rings. The molecule has 0 atom stereocenters. The maximum absolute atomic E-state index is 5.84. The van der Waals surface area contributed by atoms with Crippen LogP contribution in [-0.2, 0) is 0 Å². The number of nitrogens with one attached hydrogen (secondary N) is 1. The van der Waals surface area contributed by atoms with Crippen molar-refractivity contribution in [1.29, 1.82) is 0 Å². The number of anilines is 1. The number of rotatable bonds is 1. The first-order valence-electron chi connectivity index (χ1n) is 6.69. The summed E-state index contributed by atoms with van der Waals surface area (Å²) in [5.41, 5.74) is 4.45. The van der Waals surface area contributed by atoms with Gasteiger partial charge < -0.3 is 10.1 Å². The molecule has 0 saturated carbocycles. The van der Waals surface area contributed by atoms with E-state index in [9.17, 15) is 0 Å². The Morgan fingerprint density at radius 2 is 2.10 bits per heavy atom. The normalized spacial score (nSPS) is 13.7. The SMILES string of the molecule is Cc1cccc2sc(-c3cccc4c3OCCN4)nc12. The van der Waals surface area contributed by atoms with Gasteiger partial charge in [0.05, 0.1) is 21.5 Å². The van der Waals surface area contributed by atoms with Crippen molar-refractivity contribution in [3.63, 3.8) is 0 Å². The highest BCUT2D eigenvalue weighted by Crippen LogP contribution is 2.41. The van der Waals surface area contributed by atoms with E-state index in [2.05, 4.69) is 48.6 Å². The van der Waals surface area contributed by atoms with Crippen molar-refractivity contribution in [1.82, 2.24) is 4.98 Å². The van der Waals surface area contributed by atoms with E-state index < -0.39 is 0 Å². The third-order valence-corrected chi connectivity index (χ3v) is 4.58. The number of benzene rings is 2. The Kier molecular flexibility index (Phi) is 2.63. The van der Waals surface area contributed by atoms with Crippen LogP contribution in [0.2, 0.25) is 0 Å². The van der Waals surface area contributed by atoms with E-state index in [4.69, 9.17) is 9.72 Å². The molecule has 2 aromatic carbocycles. The number of ether oxygens (including phenoxy) is 1. The number of hydrogen-bond acceptors (Lipinski definition) is 4. The zero-order valence-corrected chi connectivity index (χ0v) is 12.0. The number of para-hydroxylation sites is 2. The van der Waals surface area contributed by atoms with E-state index in [0.29, 0.717) is 6.61 Å². The van der Waals surface area contributed by atoms with E-state index in [-0.39, 0.29) is 0 Å². The van der Waals surface area contributed by atoms with E-state index in [1.165, 1.54) is 10.3 Å². The van der Waals surface area contributed by atoms with Gasteiger partial charge in [0.25, 0.3) is 0 Å². The molecule has 0 amide bonds. The van der Waals surface area contributed by atoms with Crippen LogP contribution in [0, 0.1) is 6.92 Å². The van der Waals surface area contributed by atoms with Crippen LogP contribution in [0.4, 0.5) is 5.69 Å². The minimum Gasteiger partial charge on any atom is -0.489 e. The number of aromatic nitrogens is 1. The Labute approximate surface area is 121 Å². The van der Waals surface area contributed by atoms with Gasteiger partial charge in [0.1, 0.15) is 11.6 Å². The lowest BCUT2D eigenvalue weighted by molar-refractivity contribution is 0.324. The summed E-state index contributed by atoms with van der Waals surface area (Å²) in [5, 5.41) is 4.39. The molecule has 0 unspecified atom stereocenters. The zero-order valence-electron chi connectivity index (χ0n) is 11.1. The van der Waals surface area contributed by atoms with Crippen molar-refractivity contribution in [2.45, 2.75) is 6.92 Å². The quantitative estimate of drug-likeness (QED) is 0.730. The van der Waals surface area contributed by atoms with Crippen molar-refractivity contribution >= 4 is 27.2 Å². The molecular formula is C16H14N2OS. The first kappa shape index (κ1) is 11.7. The van der Waals surface area contributed by atoms with E-state index in [1.54, 1.807) is 11.3 Å². The number of aryl methyl sites for hydroxylation is 1. The van der Waals surface area contributed by atoms with Crippen LogP contribution < -0.4 is 10.1 Å². The van der Waals surface area contributed by atoms with E-state index >= 15 is 0 Å². The van der Waals surface area contributed by atoms with Gasteiger partial charge in [0.2, 0.25) is 0 Å². The predicted octanol–water partition coefficient (Wildman–Crippen LogP) is 4.08. The second kappa shape index (κ2) is 4.49. The van der Waals surface area contributed by atoms with Crippen LogP contribution >= 0.6 is 11.3 Å². The lowest BCUT2D eigenvalue weighted by Crippen LogP contribution is -2.18. The smallest absolute Gasteiger partial charge is 0.152 e. The minimum atomic E-state index is 0.702. The van der Waals surface area contributed by atoms with Crippen LogP contribution in [-0.4, -0.2) is 18.1 Å². The Morgan fingerprint density at radius 3 is 3.00 bits per heavy atom. The van der Waals surface area contributed by atoms with Gasteiger partial charge in [-0.15, -0.1) is 11.3 Å². The van der Waals surface area contributed by atoms with Crippen LogP contribution in [0.5, 0.6) is 5.75 Å². The van der Waals surface area contributed by atoms with Gasteiger partial charge in [-0.2, -0.15) is 0 Å². The number of hydrogen-bond donors (Lipinski definition) is 1. The molecule has 3 nitrogen and oxygen atoms in total. The maximum Gasteiger partial charge on any atom is 0.152 e. The largest absolute Gasteiger partial charge is 0.489 e. The Bertz CT molecular complexity index is 794. The van der Waals surface area contributed by atoms with Crippen LogP contribution in [0.3, 0.4) is 0 Å². The summed E-state index contributed by atoms with van der Waals surface area (Å²) in [6, 6.07) is 12.5. The second-order valence-electron chi connectivity index (χ2n) is 4.90. The molecule has 20 heavy (non-hydrogen) atoms.